The maximum absolute atomic E-state index is 5.40. The van der Waals surface area contributed by atoms with Crippen LogP contribution in [0.25, 0.3) is 0 Å². The van der Waals surface area contributed by atoms with Crippen LogP contribution in [0.15, 0.2) is 35.0 Å². The Bertz CT molecular complexity index is 273. The van der Waals surface area contributed by atoms with E-state index < -0.39 is 0 Å². The van der Waals surface area contributed by atoms with Gasteiger partial charge in [-0.25, -0.2) is 0 Å². The van der Waals surface area contributed by atoms with Crippen molar-refractivity contribution in [3.8, 4) is 0 Å². The van der Waals surface area contributed by atoms with Crippen LogP contribution in [0.1, 0.15) is 5.56 Å². The molecule has 0 radical (unpaired) electrons. The summed E-state index contributed by atoms with van der Waals surface area (Å²) in [5, 5.41) is 0. The van der Waals surface area contributed by atoms with Crippen molar-refractivity contribution in [3.05, 3.63) is 35.6 Å². The molecule has 0 aromatic carbocycles. The van der Waals surface area contributed by atoms with Crippen LogP contribution in [0, 0.1) is 6.92 Å². The van der Waals surface area contributed by atoms with E-state index in [1.54, 1.807) is 23.5 Å². The zero-order valence-electron chi connectivity index (χ0n) is 6.83. The Kier molecular flexibility index (Phi) is 4.19. The molecule has 12 heavy (non-hydrogen) atoms. The van der Waals surface area contributed by atoms with Crippen LogP contribution in [-0.2, 0) is 0 Å². The van der Waals surface area contributed by atoms with Crippen LogP contribution in [0.5, 0.6) is 0 Å². The van der Waals surface area contributed by atoms with Gasteiger partial charge in [0.2, 0.25) is 0 Å². The zero-order chi connectivity index (χ0) is 8.81. The van der Waals surface area contributed by atoms with Gasteiger partial charge in [-0.3, -0.25) is 4.98 Å². The molecule has 1 nitrogen and oxygen atoms in total. The molecule has 0 aliphatic heterocycles. The van der Waals surface area contributed by atoms with E-state index >= 15 is 0 Å². The highest BCUT2D eigenvalue weighted by Gasteiger charge is 1.95. The summed E-state index contributed by atoms with van der Waals surface area (Å²) >= 11 is 7.16. The van der Waals surface area contributed by atoms with Gasteiger partial charge in [-0.1, -0.05) is 17.7 Å². The smallest absolute Gasteiger partial charge is 0.0308 e. The molecule has 0 aliphatic carbocycles. The van der Waals surface area contributed by atoms with Gasteiger partial charge in [0, 0.05) is 28.6 Å². The van der Waals surface area contributed by atoms with Crippen LogP contribution in [0.4, 0.5) is 0 Å². The fourth-order valence-corrected chi connectivity index (χ4v) is 1.80. The molecule has 1 aromatic rings. The summed E-state index contributed by atoms with van der Waals surface area (Å²) in [6.45, 7) is 2.06. The van der Waals surface area contributed by atoms with Crippen molar-refractivity contribution in [2.45, 2.75) is 11.8 Å². The number of aromatic nitrogens is 1. The van der Waals surface area contributed by atoms with Crippen molar-refractivity contribution in [2.75, 3.05) is 5.75 Å². The molecule has 0 aliphatic rings. The molecular weight excluding hydrogens is 190 g/mol. The molecule has 0 N–H and O–H groups in total. The molecular formula is C9H10ClNS. The predicted octanol–water partition coefficient (Wildman–Crippen LogP) is 3.23. The predicted molar refractivity (Wildman–Crippen MR) is 54.7 cm³/mol. The number of hydrogen-bond acceptors (Lipinski definition) is 2. The second kappa shape index (κ2) is 5.22. The molecule has 0 unspecified atom stereocenters. The van der Waals surface area contributed by atoms with Gasteiger partial charge in [-0.15, -0.1) is 11.8 Å². The topological polar surface area (TPSA) is 12.9 Å². The SMILES string of the molecule is Cc1cnccc1SC/C=C/Cl. The third kappa shape index (κ3) is 2.88. The summed E-state index contributed by atoms with van der Waals surface area (Å²) in [5.41, 5.74) is 2.76. The summed E-state index contributed by atoms with van der Waals surface area (Å²) < 4.78 is 0. The maximum atomic E-state index is 5.40. The lowest BCUT2D eigenvalue weighted by Crippen LogP contribution is -1.81. The molecule has 1 heterocycles. The Balaban J connectivity index is 2.57. The van der Waals surface area contributed by atoms with E-state index in [1.165, 1.54) is 10.5 Å². The minimum atomic E-state index is 0.911. The van der Waals surface area contributed by atoms with E-state index in [9.17, 15) is 0 Å². The highest BCUT2D eigenvalue weighted by atomic mass is 35.5. The van der Waals surface area contributed by atoms with Gasteiger partial charge in [-0.05, 0) is 18.6 Å². The summed E-state index contributed by atoms with van der Waals surface area (Å²) in [7, 11) is 0. The zero-order valence-corrected chi connectivity index (χ0v) is 8.40. The number of aryl methyl sites for hydroxylation is 1. The van der Waals surface area contributed by atoms with Crippen molar-refractivity contribution in [1.82, 2.24) is 4.98 Å². The number of halogens is 1. The lowest BCUT2D eigenvalue weighted by atomic mass is 10.3. The van der Waals surface area contributed by atoms with E-state index in [4.69, 9.17) is 11.6 Å². The van der Waals surface area contributed by atoms with Crippen LogP contribution < -0.4 is 0 Å². The molecule has 0 saturated heterocycles. The first kappa shape index (κ1) is 9.62. The van der Waals surface area contributed by atoms with E-state index in [-0.39, 0.29) is 0 Å². The first-order valence-corrected chi connectivity index (χ1v) is 5.05. The summed E-state index contributed by atoms with van der Waals surface area (Å²) in [4.78, 5) is 5.28. The normalized spacial score (nSPS) is 10.8. The molecule has 0 fully saturated rings. The first-order chi connectivity index (χ1) is 5.84. The van der Waals surface area contributed by atoms with Crippen LogP contribution in [-0.4, -0.2) is 10.7 Å². The van der Waals surface area contributed by atoms with E-state index in [1.807, 2.05) is 18.3 Å². The number of pyridine rings is 1. The average molecular weight is 200 g/mol. The van der Waals surface area contributed by atoms with Crippen LogP contribution in [0.2, 0.25) is 0 Å². The molecule has 1 rings (SSSR count). The molecule has 0 spiro atoms. The van der Waals surface area contributed by atoms with Crippen LogP contribution in [0.3, 0.4) is 0 Å². The Morgan fingerprint density at radius 3 is 3.17 bits per heavy atom. The summed E-state index contributed by atoms with van der Waals surface area (Å²) in [6, 6.07) is 2.02. The van der Waals surface area contributed by atoms with Gasteiger partial charge >= 0.3 is 0 Å². The van der Waals surface area contributed by atoms with Crippen LogP contribution >= 0.6 is 23.4 Å². The Morgan fingerprint density at radius 1 is 1.67 bits per heavy atom. The average Bonchev–Trinajstić information content (AvgIpc) is 2.09. The number of thioether (sulfide) groups is 1. The van der Waals surface area contributed by atoms with Gasteiger partial charge in [-0.2, -0.15) is 0 Å². The van der Waals surface area contributed by atoms with Crippen molar-refractivity contribution < 1.29 is 0 Å². The first-order valence-electron chi connectivity index (χ1n) is 3.63. The lowest BCUT2D eigenvalue weighted by Gasteiger charge is -2.00. The highest BCUT2D eigenvalue weighted by Crippen LogP contribution is 2.20. The largest absolute Gasteiger partial charge is 0.264 e. The Morgan fingerprint density at radius 2 is 2.50 bits per heavy atom. The molecule has 0 atom stereocenters. The second-order valence-electron chi connectivity index (χ2n) is 2.31. The molecule has 3 heteroatoms. The molecule has 0 bridgehead atoms. The molecule has 1 aromatic heterocycles. The number of rotatable bonds is 3. The number of nitrogens with zero attached hydrogens (tertiary/aromatic N) is 1. The van der Waals surface area contributed by atoms with Gasteiger partial charge < -0.3 is 0 Å². The Labute approximate surface area is 81.8 Å². The Hall–Kier alpha value is -0.470. The second-order valence-corrected chi connectivity index (χ2v) is 3.63. The summed E-state index contributed by atoms with van der Waals surface area (Å²) in [6.07, 6.45) is 5.60. The summed E-state index contributed by atoms with van der Waals surface area (Å²) in [5.74, 6) is 0.911. The molecule has 0 amide bonds. The van der Waals surface area contributed by atoms with Crippen molar-refractivity contribution >= 4 is 23.4 Å². The minimum absolute atomic E-state index is 0.911. The van der Waals surface area contributed by atoms with Crippen molar-refractivity contribution in [3.63, 3.8) is 0 Å². The molecule has 0 saturated carbocycles. The fourth-order valence-electron chi connectivity index (χ4n) is 0.797. The van der Waals surface area contributed by atoms with Gasteiger partial charge in [0.05, 0.1) is 0 Å². The quantitative estimate of drug-likeness (QED) is 0.694. The van der Waals surface area contributed by atoms with Gasteiger partial charge in [0.25, 0.3) is 0 Å². The molecule has 64 valence electrons. The standard InChI is InChI=1S/C9H10ClNS/c1-8-7-11-5-3-9(8)12-6-2-4-10/h2-5,7H,6H2,1H3/b4-2+. The third-order valence-electron chi connectivity index (χ3n) is 1.39. The van der Waals surface area contributed by atoms with E-state index in [0.717, 1.165) is 5.75 Å². The van der Waals surface area contributed by atoms with Gasteiger partial charge in [0.1, 0.15) is 0 Å². The lowest BCUT2D eigenvalue weighted by molar-refractivity contribution is 1.18. The maximum Gasteiger partial charge on any atom is 0.0308 e. The monoisotopic (exact) mass is 199 g/mol. The van der Waals surface area contributed by atoms with Gasteiger partial charge in [0.15, 0.2) is 0 Å². The van der Waals surface area contributed by atoms with Crippen molar-refractivity contribution in [2.24, 2.45) is 0 Å². The van der Waals surface area contributed by atoms with Crippen molar-refractivity contribution in [1.29, 1.82) is 0 Å². The minimum Gasteiger partial charge on any atom is -0.264 e. The van der Waals surface area contributed by atoms with E-state index in [2.05, 4.69) is 11.9 Å². The third-order valence-corrected chi connectivity index (χ3v) is 2.70. The number of hydrogen-bond donors (Lipinski definition) is 0. The fraction of sp³-hybridized carbons (Fsp3) is 0.222. The highest BCUT2D eigenvalue weighted by molar-refractivity contribution is 7.99. The van der Waals surface area contributed by atoms with E-state index in [0.29, 0.717) is 0 Å².